The van der Waals surface area contributed by atoms with Crippen molar-refractivity contribution < 1.29 is 13.2 Å². The molecule has 1 unspecified atom stereocenters. The topological polar surface area (TPSA) is 38.9 Å². The predicted octanol–water partition coefficient (Wildman–Crippen LogP) is 2.26. The molecule has 0 bridgehead atoms. The van der Waals surface area contributed by atoms with Gasteiger partial charge in [-0.05, 0) is 25.0 Å². The fraction of sp³-hybridized carbons (Fsp3) is 0.444. The van der Waals surface area contributed by atoms with Crippen LogP contribution in [0, 0.1) is 13.8 Å². The van der Waals surface area contributed by atoms with E-state index < -0.39 is 12.2 Å². The molecule has 1 heterocycles. The molecule has 0 fully saturated rings. The minimum absolute atomic E-state index is 0.000556. The van der Waals surface area contributed by atoms with Crippen LogP contribution in [0.3, 0.4) is 0 Å². The summed E-state index contributed by atoms with van der Waals surface area (Å²) in [6, 6.07) is -0.533. The molecular weight excluding hydrogens is 193 g/mol. The van der Waals surface area contributed by atoms with Gasteiger partial charge >= 0.3 is 6.18 Å². The van der Waals surface area contributed by atoms with Gasteiger partial charge < -0.3 is 5.73 Å². The van der Waals surface area contributed by atoms with Crippen LogP contribution >= 0.6 is 0 Å². The number of rotatable bonds is 1. The van der Waals surface area contributed by atoms with Gasteiger partial charge in [0.2, 0.25) is 0 Å². The van der Waals surface area contributed by atoms with Gasteiger partial charge in [0.25, 0.3) is 0 Å². The molecular formula is C9H11F3N2. The van der Waals surface area contributed by atoms with E-state index in [0.29, 0.717) is 11.3 Å². The zero-order chi connectivity index (χ0) is 10.9. The molecule has 0 spiro atoms. The Morgan fingerprint density at radius 3 is 2.36 bits per heavy atom. The van der Waals surface area contributed by atoms with Crippen molar-refractivity contribution in [1.29, 1.82) is 0 Å². The van der Waals surface area contributed by atoms with Crippen molar-refractivity contribution in [2.45, 2.75) is 26.1 Å². The SMILES string of the molecule is Cc1cc(C(N)C(F)(F)F)cnc1C. The van der Waals surface area contributed by atoms with Crippen molar-refractivity contribution in [3.05, 3.63) is 29.1 Å². The van der Waals surface area contributed by atoms with Crippen molar-refractivity contribution in [2.75, 3.05) is 0 Å². The lowest BCUT2D eigenvalue weighted by Gasteiger charge is -2.16. The van der Waals surface area contributed by atoms with Crippen LogP contribution in [0.1, 0.15) is 22.9 Å². The van der Waals surface area contributed by atoms with Crippen LogP contribution in [0.2, 0.25) is 0 Å². The van der Waals surface area contributed by atoms with Gasteiger partial charge in [-0.1, -0.05) is 6.07 Å². The first-order valence-electron chi connectivity index (χ1n) is 4.08. The van der Waals surface area contributed by atoms with E-state index in [-0.39, 0.29) is 5.56 Å². The molecule has 0 aliphatic heterocycles. The summed E-state index contributed by atoms with van der Waals surface area (Å²) in [6.07, 6.45) is -3.25. The Morgan fingerprint density at radius 1 is 1.36 bits per heavy atom. The van der Waals surface area contributed by atoms with E-state index in [1.807, 2.05) is 0 Å². The van der Waals surface area contributed by atoms with Crippen molar-refractivity contribution in [3.63, 3.8) is 0 Å². The number of nitrogens with two attached hydrogens (primary N) is 1. The number of nitrogens with zero attached hydrogens (tertiary/aromatic N) is 1. The summed E-state index contributed by atoms with van der Waals surface area (Å²) < 4.78 is 36.6. The molecule has 5 heteroatoms. The zero-order valence-electron chi connectivity index (χ0n) is 7.89. The lowest BCUT2D eigenvalue weighted by molar-refractivity contribution is -0.149. The van der Waals surface area contributed by atoms with E-state index in [1.165, 1.54) is 12.3 Å². The fourth-order valence-electron chi connectivity index (χ4n) is 1.02. The summed E-state index contributed by atoms with van der Waals surface area (Å²) in [4.78, 5) is 3.83. The number of hydrogen-bond acceptors (Lipinski definition) is 2. The highest BCUT2D eigenvalue weighted by molar-refractivity contribution is 5.25. The number of aryl methyl sites for hydroxylation is 2. The highest BCUT2D eigenvalue weighted by Crippen LogP contribution is 2.30. The molecule has 0 aliphatic carbocycles. The van der Waals surface area contributed by atoms with E-state index in [9.17, 15) is 13.2 Å². The molecule has 1 aromatic rings. The third kappa shape index (κ3) is 2.23. The van der Waals surface area contributed by atoms with E-state index >= 15 is 0 Å². The van der Waals surface area contributed by atoms with Gasteiger partial charge in [-0.15, -0.1) is 0 Å². The monoisotopic (exact) mass is 204 g/mol. The molecule has 1 aromatic heterocycles. The van der Waals surface area contributed by atoms with Crippen LogP contribution in [-0.2, 0) is 0 Å². The van der Waals surface area contributed by atoms with Crippen molar-refractivity contribution >= 4 is 0 Å². The normalized spacial score (nSPS) is 14.1. The van der Waals surface area contributed by atoms with Crippen LogP contribution in [0.25, 0.3) is 0 Å². The van der Waals surface area contributed by atoms with Gasteiger partial charge in [0.05, 0.1) is 0 Å². The van der Waals surface area contributed by atoms with E-state index in [1.54, 1.807) is 13.8 Å². The minimum atomic E-state index is -4.41. The highest BCUT2D eigenvalue weighted by atomic mass is 19.4. The summed E-state index contributed by atoms with van der Waals surface area (Å²) in [6.45, 7) is 3.44. The van der Waals surface area contributed by atoms with Gasteiger partial charge in [0, 0.05) is 11.9 Å². The van der Waals surface area contributed by atoms with Gasteiger partial charge in [-0.25, -0.2) is 0 Å². The van der Waals surface area contributed by atoms with Gasteiger partial charge in [0.15, 0.2) is 0 Å². The van der Waals surface area contributed by atoms with E-state index in [4.69, 9.17) is 5.73 Å². The average Bonchev–Trinajstić information content (AvgIpc) is 2.07. The minimum Gasteiger partial charge on any atom is -0.316 e. The second kappa shape index (κ2) is 3.57. The number of aromatic nitrogens is 1. The molecule has 0 amide bonds. The summed E-state index contributed by atoms with van der Waals surface area (Å²) in [5.74, 6) is 0. The summed E-state index contributed by atoms with van der Waals surface area (Å²) in [5, 5.41) is 0. The smallest absolute Gasteiger partial charge is 0.316 e. The Morgan fingerprint density at radius 2 is 1.93 bits per heavy atom. The van der Waals surface area contributed by atoms with Crippen molar-refractivity contribution in [1.82, 2.24) is 4.98 Å². The van der Waals surface area contributed by atoms with Crippen LogP contribution in [0.15, 0.2) is 12.3 Å². The first-order valence-corrected chi connectivity index (χ1v) is 4.08. The maximum absolute atomic E-state index is 12.2. The fourth-order valence-corrected chi connectivity index (χ4v) is 1.02. The third-order valence-corrected chi connectivity index (χ3v) is 2.07. The quantitative estimate of drug-likeness (QED) is 0.762. The Hall–Kier alpha value is -1.10. The third-order valence-electron chi connectivity index (χ3n) is 2.07. The van der Waals surface area contributed by atoms with E-state index in [2.05, 4.69) is 4.98 Å². The molecule has 1 atom stereocenters. The zero-order valence-corrected chi connectivity index (χ0v) is 7.89. The molecule has 1 rings (SSSR count). The molecule has 0 aliphatic rings. The maximum Gasteiger partial charge on any atom is 0.407 e. The number of hydrogen-bond donors (Lipinski definition) is 1. The summed E-state index contributed by atoms with van der Waals surface area (Å²) in [7, 11) is 0. The molecule has 78 valence electrons. The standard InChI is InChI=1S/C9H11F3N2/c1-5-3-7(4-14-6(5)2)8(13)9(10,11)12/h3-4,8H,13H2,1-2H3. The highest BCUT2D eigenvalue weighted by Gasteiger charge is 2.38. The molecule has 14 heavy (non-hydrogen) atoms. The Bertz CT molecular complexity index is 333. The van der Waals surface area contributed by atoms with Crippen LogP contribution in [0.4, 0.5) is 13.2 Å². The van der Waals surface area contributed by atoms with Gasteiger partial charge in [-0.2, -0.15) is 13.2 Å². The molecule has 0 aromatic carbocycles. The summed E-state index contributed by atoms with van der Waals surface area (Å²) >= 11 is 0. The number of pyridine rings is 1. The van der Waals surface area contributed by atoms with Gasteiger partial charge in [0.1, 0.15) is 6.04 Å². The largest absolute Gasteiger partial charge is 0.407 e. The summed E-state index contributed by atoms with van der Waals surface area (Å²) in [5.41, 5.74) is 6.45. The molecule has 2 nitrogen and oxygen atoms in total. The molecule has 0 radical (unpaired) electrons. The molecule has 0 saturated carbocycles. The van der Waals surface area contributed by atoms with Crippen LogP contribution in [0.5, 0.6) is 0 Å². The van der Waals surface area contributed by atoms with Crippen molar-refractivity contribution in [2.24, 2.45) is 5.73 Å². The Balaban J connectivity index is 3.03. The van der Waals surface area contributed by atoms with Crippen LogP contribution in [-0.4, -0.2) is 11.2 Å². The second-order valence-electron chi connectivity index (χ2n) is 3.19. The second-order valence-corrected chi connectivity index (χ2v) is 3.19. The lowest BCUT2D eigenvalue weighted by atomic mass is 10.1. The predicted molar refractivity (Wildman–Crippen MR) is 46.7 cm³/mol. The van der Waals surface area contributed by atoms with Crippen LogP contribution < -0.4 is 5.73 Å². The first kappa shape index (κ1) is 11.0. The number of halogens is 3. The molecule has 2 N–H and O–H groups in total. The van der Waals surface area contributed by atoms with E-state index in [0.717, 1.165) is 0 Å². The van der Waals surface area contributed by atoms with Crippen molar-refractivity contribution in [3.8, 4) is 0 Å². The number of alkyl halides is 3. The average molecular weight is 204 g/mol. The maximum atomic E-state index is 12.2. The lowest BCUT2D eigenvalue weighted by Crippen LogP contribution is -2.28. The Labute approximate surface area is 79.9 Å². The van der Waals surface area contributed by atoms with Gasteiger partial charge in [-0.3, -0.25) is 4.98 Å². The molecule has 0 saturated heterocycles. The Kier molecular flexibility index (Phi) is 2.80. The first-order chi connectivity index (χ1) is 6.32.